The minimum absolute atomic E-state index is 0.216. The van der Waals surface area contributed by atoms with E-state index in [9.17, 15) is 4.79 Å². The van der Waals surface area contributed by atoms with E-state index in [1.807, 2.05) is 25.1 Å². The number of hydrogen-bond donors (Lipinski definition) is 3. The van der Waals surface area contributed by atoms with E-state index in [2.05, 4.69) is 63.8 Å². The number of H-pyrrole nitrogens is 1. The molecular weight excluding hydrogens is 412 g/mol. The lowest BCUT2D eigenvalue weighted by atomic mass is 10.0. The van der Waals surface area contributed by atoms with Crippen molar-refractivity contribution >= 4 is 29.0 Å². The maximum absolute atomic E-state index is 12.5. The Morgan fingerprint density at radius 1 is 1.06 bits per heavy atom. The fourth-order valence-electron chi connectivity index (χ4n) is 3.29. The van der Waals surface area contributed by atoms with Gasteiger partial charge in [0, 0.05) is 23.3 Å². The molecule has 0 unspecified atom stereocenters. The average Bonchev–Trinajstić information content (AvgIpc) is 3.17. The summed E-state index contributed by atoms with van der Waals surface area (Å²) in [5.74, 6) is 1.32. The second kappa shape index (κ2) is 8.81. The Labute approximate surface area is 185 Å². The number of fused-ring (bicyclic) bond motifs is 1. The molecule has 31 heavy (non-hydrogen) atoms. The monoisotopic (exact) mass is 436 g/mol. The molecule has 0 aliphatic heterocycles. The number of nitrogens with zero attached hydrogens (tertiary/aromatic N) is 3. The van der Waals surface area contributed by atoms with E-state index in [0.29, 0.717) is 41.4 Å². The molecule has 0 aliphatic carbocycles. The molecule has 0 atom stereocenters. The number of nitrogens with one attached hydrogen (secondary N) is 3. The van der Waals surface area contributed by atoms with Gasteiger partial charge in [-0.05, 0) is 41.7 Å². The molecule has 4 rings (SSSR count). The van der Waals surface area contributed by atoms with Gasteiger partial charge in [-0.3, -0.25) is 9.89 Å². The van der Waals surface area contributed by atoms with E-state index < -0.39 is 0 Å². The summed E-state index contributed by atoms with van der Waals surface area (Å²) in [4.78, 5) is 21.4. The smallest absolute Gasteiger partial charge is 0.274 e. The first-order valence-electron chi connectivity index (χ1n) is 10.2. The maximum atomic E-state index is 12.5. The topological polar surface area (TPSA) is 87.1 Å². The van der Waals surface area contributed by atoms with E-state index in [1.54, 1.807) is 0 Å². The van der Waals surface area contributed by atoms with E-state index in [0.717, 1.165) is 16.8 Å². The first-order chi connectivity index (χ1) is 14.9. The van der Waals surface area contributed by atoms with Crippen LogP contribution in [-0.2, 0) is 13.1 Å². The standard InChI is InChI=1S/C23H25ClN6O/c1-14(2)17-9-7-16(8-10-17)12-26-22-28-23-27-18(11-21(31)30(23)29-22)13-25-20-6-4-5-19(24)15(20)3/h4-11,14,25H,12-13H2,1-3H3,(H2,26,27,28,29). The van der Waals surface area contributed by atoms with Crippen molar-refractivity contribution < 1.29 is 0 Å². The SMILES string of the molecule is Cc1c(Cl)cccc1NCc1cc(=O)n2[nH]c(NCc3ccc(C(C)C)cc3)nc2n1. The van der Waals surface area contributed by atoms with Crippen LogP contribution in [0.3, 0.4) is 0 Å². The van der Waals surface area contributed by atoms with Crippen LogP contribution in [0.4, 0.5) is 11.6 Å². The Morgan fingerprint density at radius 3 is 2.58 bits per heavy atom. The Balaban J connectivity index is 1.47. The molecule has 7 nitrogen and oxygen atoms in total. The molecular formula is C23H25ClN6O. The fourth-order valence-corrected chi connectivity index (χ4v) is 3.46. The Hall–Kier alpha value is -3.32. The van der Waals surface area contributed by atoms with Crippen LogP contribution < -0.4 is 16.2 Å². The normalized spacial score (nSPS) is 11.3. The van der Waals surface area contributed by atoms with Crippen LogP contribution in [0.15, 0.2) is 53.3 Å². The molecule has 0 saturated heterocycles. The lowest BCUT2D eigenvalue weighted by molar-refractivity contribution is 0.864. The van der Waals surface area contributed by atoms with Gasteiger partial charge in [0.25, 0.3) is 11.3 Å². The van der Waals surface area contributed by atoms with Gasteiger partial charge >= 0.3 is 0 Å². The van der Waals surface area contributed by atoms with Crippen molar-refractivity contribution in [2.24, 2.45) is 0 Å². The number of aromatic amines is 1. The Morgan fingerprint density at radius 2 is 1.84 bits per heavy atom. The summed E-state index contributed by atoms with van der Waals surface area (Å²) in [7, 11) is 0. The second-order valence-electron chi connectivity index (χ2n) is 7.81. The van der Waals surface area contributed by atoms with Gasteiger partial charge in [0.05, 0.1) is 12.2 Å². The summed E-state index contributed by atoms with van der Waals surface area (Å²) in [5.41, 5.74) is 4.68. The third-order valence-electron chi connectivity index (χ3n) is 5.22. The van der Waals surface area contributed by atoms with Crippen LogP contribution in [0.2, 0.25) is 5.02 Å². The molecule has 0 amide bonds. The average molecular weight is 437 g/mol. The second-order valence-corrected chi connectivity index (χ2v) is 8.22. The molecule has 0 saturated carbocycles. The maximum Gasteiger partial charge on any atom is 0.274 e. The van der Waals surface area contributed by atoms with E-state index in [1.165, 1.54) is 16.1 Å². The van der Waals surface area contributed by atoms with Crippen molar-refractivity contribution in [3.8, 4) is 0 Å². The van der Waals surface area contributed by atoms with Crippen LogP contribution in [0.5, 0.6) is 0 Å². The fraction of sp³-hybridized carbons (Fsp3) is 0.261. The molecule has 0 spiro atoms. The number of hydrogen-bond acceptors (Lipinski definition) is 5. The van der Waals surface area contributed by atoms with Gasteiger partial charge in [0.2, 0.25) is 5.95 Å². The van der Waals surface area contributed by atoms with Crippen molar-refractivity contribution in [1.82, 2.24) is 19.6 Å². The molecule has 160 valence electrons. The van der Waals surface area contributed by atoms with Crippen LogP contribution in [0.25, 0.3) is 5.78 Å². The predicted octanol–water partition coefficient (Wildman–Crippen LogP) is 4.73. The third-order valence-corrected chi connectivity index (χ3v) is 5.63. The summed E-state index contributed by atoms with van der Waals surface area (Å²) in [6.07, 6.45) is 0. The molecule has 0 fully saturated rings. The zero-order valence-corrected chi connectivity index (χ0v) is 18.5. The highest BCUT2D eigenvalue weighted by Gasteiger charge is 2.09. The van der Waals surface area contributed by atoms with Gasteiger partial charge in [0.15, 0.2) is 0 Å². The Bertz CT molecular complexity index is 1260. The molecule has 2 aromatic heterocycles. The zero-order valence-electron chi connectivity index (χ0n) is 17.7. The summed E-state index contributed by atoms with van der Waals surface area (Å²) in [5, 5.41) is 10.2. The predicted molar refractivity (Wildman–Crippen MR) is 125 cm³/mol. The number of aromatic nitrogens is 4. The molecule has 0 bridgehead atoms. The Kier molecular flexibility index (Phi) is 5.95. The highest BCUT2D eigenvalue weighted by Crippen LogP contribution is 2.23. The van der Waals surface area contributed by atoms with Gasteiger partial charge in [-0.15, -0.1) is 0 Å². The van der Waals surface area contributed by atoms with Crippen molar-refractivity contribution in [2.75, 3.05) is 10.6 Å². The summed E-state index contributed by atoms with van der Waals surface area (Å²) in [6, 6.07) is 15.6. The van der Waals surface area contributed by atoms with Gasteiger partial charge < -0.3 is 10.6 Å². The first kappa shape index (κ1) is 20.9. The summed E-state index contributed by atoms with van der Waals surface area (Å²) >= 11 is 6.17. The molecule has 4 aromatic rings. The number of halogens is 1. The third kappa shape index (κ3) is 4.72. The molecule has 0 radical (unpaired) electrons. The minimum atomic E-state index is -0.216. The molecule has 3 N–H and O–H groups in total. The van der Waals surface area contributed by atoms with Crippen LogP contribution in [0, 0.1) is 6.92 Å². The number of rotatable bonds is 7. The van der Waals surface area contributed by atoms with Crippen molar-refractivity contribution in [3.63, 3.8) is 0 Å². The molecule has 0 aliphatic rings. The van der Waals surface area contributed by atoms with Gasteiger partial charge in [0.1, 0.15) is 0 Å². The highest BCUT2D eigenvalue weighted by molar-refractivity contribution is 6.31. The van der Waals surface area contributed by atoms with E-state index in [-0.39, 0.29) is 5.56 Å². The van der Waals surface area contributed by atoms with Gasteiger partial charge in [-0.2, -0.15) is 9.50 Å². The zero-order chi connectivity index (χ0) is 22.0. The largest absolute Gasteiger partial charge is 0.379 e. The molecule has 2 heterocycles. The lowest BCUT2D eigenvalue weighted by Crippen LogP contribution is -2.17. The number of anilines is 2. The number of benzene rings is 2. The summed E-state index contributed by atoms with van der Waals surface area (Å²) < 4.78 is 1.33. The lowest BCUT2D eigenvalue weighted by Gasteiger charge is -2.10. The minimum Gasteiger partial charge on any atom is -0.379 e. The van der Waals surface area contributed by atoms with Crippen LogP contribution in [-0.4, -0.2) is 19.6 Å². The quantitative estimate of drug-likeness (QED) is 0.390. The van der Waals surface area contributed by atoms with Gasteiger partial charge in [-0.25, -0.2) is 4.98 Å². The van der Waals surface area contributed by atoms with E-state index in [4.69, 9.17) is 11.6 Å². The van der Waals surface area contributed by atoms with E-state index >= 15 is 0 Å². The van der Waals surface area contributed by atoms with Crippen LogP contribution >= 0.6 is 11.6 Å². The molecule has 8 heteroatoms. The molecule has 2 aromatic carbocycles. The highest BCUT2D eigenvalue weighted by atomic mass is 35.5. The van der Waals surface area contributed by atoms with Crippen LogP contribution in [0.1, 0.15) is 42.1 Å². The van der Waals surface area contributed by atoms with Crippen molar-refractivity contribution in [1.29, 1.82) is 0 Å². The first-order valence-corrected chi connectivity index (χ1v) is 10.6. The van der Waals surface area contributed by atoms with Crippen molar-refractivity contribution in [3.05, 3.63) is 86.3 Å². The van der Waals surface area contributed by atoms with Crippen molar-refractivity contribution in [2.45, 2.75) is 39.8 Å². The summed E-state index contributed by atoms with van der Waals surface area (Å²) in [6.45, 7) is 7.27. The van der Waals surface area contributed by atoms with Gasteiger partial charge in [-0.1, -0.05) is 55.8 Å².